The van der Waals surface area contributed by atoms with Crippen molar-refractivity contribution in [3.63, 3.8) is 0 Å². The van der Waals surface area contributed by atoms with Gasteiger partial charge in [0.15, 0.2) is 5.78 Å². The lowest BCUT2D eigenvalue weighted by molar-refractivity contribution is -0.144. The fourth-order valence-corrected chi connectivity index (χ4v) is 4.99. The van der Waals surface area contributed by atoms with Gasteiger partial charge in [0.25, 0.3) is 11.8 Å². The van der Waals surface area contributed by atoms with Crippen molar-refractivity contribution in [2.75, 3.05) is 13.1 Å². The number of likely N-dealkylation sites (tertiary alicyclic amines) is 1. The first-order chi connectivity index (χ1) is 15.3. The first kappa shape index (κ1) is 24.3. The summed E-state index contributed by atoms with van der Waals surface area (Å²) in [6, 6.07) is 6.64. The highest BCUT2D eigenvalue weighted by atomic mass is 19.3. The van der Waals surface area contributed by atoms with E-state index in [2.05, 4.69) is 5.32 Å². The third kappa shape index (κ3) is 5.93. The molecule has 5 nitrogen and oxygen atoms in total. The van der Waals surface area contributed by atoms with Crippen LogP contribution in [-0.2, 0) is 9.59 Å². The summed E-state index contributed by atoms with van der Waals surface area (Å²) in [5.74, 6) is -1.44. The number of nitrogens with one attached hydrogen (secondary N) is 1. The molecule has 2 fully saturated rings. The summed E-state index contributed by atoms with van der Waals surface area (Å²) in [7, 11) is 0. The Hall–Kier alpha value is -2.31. The number of halogens is 2. The summed E-state index contributed by atoms with van der Waals surface area (Å²) < 4.78 is 25.7. The zero-order chi connectivity index (χ0) is 23.3. The number of alkyl halides is 2. The van der Waals surface area contributed by atoms with Crippen LogP contribution in [0, 0.1) is 11.8 Å². The summed E-state index contributed by atoms with van der Waals surface area (Å²) in [6.45, 7) is 4.28. The van der Waals surface area contributed by atoms with E-state index in [1.165, 1.54) is 11.3 Å². The van der Waals surface area contributed by atoms with Crippen LogP contribution < -0.4 is 5.32 Å². The minimum absolute atomic E-state index is 0.0647. The number of rotatable bonds is 7. The Morgan fingerprint density at radius 3 is 2.41 bits per heavy atom. The molecule has 3 rings (SSSR count). The van der Waals surface area contributed by atoms with Gasteiger partial charge in [-0.25, -0.2) is 0 Å². The second kappa shape index (κ2) is 11.0. The second-order valence-electron chi connectivity index (χ2n) is 9.46. The molecule has 2 amide bonds. The molecule has 2 aliphatic rings. The van der Waals surface area contributed by atoms with Gasteiger partial charge in [-0.15, -0.1) is 0 Å². The van der Waals surface area contributed by atoms with E-state index in [4.69, 9.17) is 0 Å². The molecular weight excluding hydrogens is 414 g/mol. The highest BCUT2D eigenvalue weighted by molar-refractivity contribution is 5.98. The third-order valence-electron chi connectivity index (χ3n) is 6.82. The van der Waals surface area contributed by atoms with E-state index in [0.717, 1.165) is 37.7 Å². The Morgan fingerprint density at radius 1 is 1.03 bits per heavy atom. The molecule has 1 heterocycles. The number of benzene rings is 1. The van der Waals surface area contributed by atoms with E-state index in [-0.39, 0.29) is 36.0 Å². The number of Topliss-reactive ketones (excluding diaryl/α,β-unsaturated/α-hetero) is 1. The van der Waals surface area contributed by atoms with Crippen molar-refractivity contribution in [1.29, 1.82) is 0 Å². The molecule has 1 N–H and O–H groups in total. The molecule has 0 spiro atoms. The normalized spacial score (nSPS) is 20.9. The van der Waals surface area contributed by atoms with E-state index in [1.54, 1.807) is 18.2 Å². The number of carbonyl (C=O) groups is 3. The molecule has 1 saturated heterocycles. The van der Waals surface area contributed by atoms with Crippen molar-refractivity contribution in [3.8, 4) is 0 Å². The number of carbonyl (C=O) groups excluding carboxylic acids is 3. The fraction of sp³-hybridized carbons (Fsp3) is 0.640. The average molecular weight is 449 g/mol. The highest BCUT2D eigenvalue weighted by Gasteiger charge is 2.33. The molecule has 1 aromatic rings. The topological polar surface area (TPSA) is 66.5 Å². The van der Waals surface area contributed by atoms with Crippen molar-refractivity contribution in [2.45, 2.75) is 77.2 Å². The van der Waals surface area contributed by atoms with Crippen LogP contribution in [0.15, 0.2) is 24.3 Å². The van der Waals surface area contributed by atoms with E-state index in [9.17, 15) is 23.2 Å². The predicted molar refractivity (Wildman–Crippen MR) is 119 cm³/mol. The van der Waals surface area contributed by atoms with Gasteiger partial charge >= 0.3 is 6.43 Å². The van der Waals surface area contributed by atoms with Gasteiger partial charge in [0.2, 0.25) is 0 Å². The van der Waals surface area contributed by atoms with E-state index in [0.29, 0.717) is 18.5 Å². The van der Waals surface area contributed by atoms with E-state index < -0.39 is 18.4 Å². The third-order valence-corrected chi connectivity index (χ3v) is 6.82. The number of hydrogen-bond acceptors (Lipinski definition) is 3. The molecule has 7 heteroatoms. The van der Waals surface area contributed by atoms with Crippen LogP contribution in [0.4, 0.5) is 8.78 Å². The van der Waals surface area contributed by atoms with Gasteiger partial charge in [-0.1, -0.05) is 45.2 Å². The molecule has 1 aliphatic carbocycles. The first-order valence-electron chi connectivity index (χ1n) is 11.8. The largest absolute Gasteiger partial charge is 0.342 e. The summed E-state index contributed by atoms with van der Waals surface area (Å²) in [4.78, 5) is 38.9. The SMILES string of the molecule is CC(C)C(=O)C(NC(=O)c1cccc(C2CCCN(C(=O)C(F)F)C2)c1)C1CCCCC1. The van der Waals surface area contributed by atoms with Crippen molar-refractivity contribution in [1.82, 2.24) is 10.2 Å². The maximum atomic E-state index is 13.1. The van der Waals surface area contributed by atoms with Crippen molar-refractivity contribution in [3.05, 3.63) is 35.4 Å². The minimum atomic E-state index is -3.00. The van der Waals surface area contributed by atoms with Crippen molar-refractivity contribution < 1.29 is 23.2 Å². The Morgan fingerprint density at radius 2 is 1.75 bits per heavy atom. The molecule has 1 aromatic carbocycles. The van der Waals surface area contributed by atoms with Crippen LogP contribution in [0.1, 0.15) is 80.6 Å². The van der Waals surface area contributed by atoms with Gasteiger partial charge in [-0.05, 0) is 49.3 Å². The van der Waals surface area contributed by atoms with Gasteiger partial charge in [0, 0.05) is 30.5 Å². The second-order valence-corrected chi connectivity index (χ2v) is 9.46. The van der Waals surface area contributed by atoms with Crippen LogP contribution in [0.5, 0.6) is 0 Å². The number of hydrogen-bond donors (Lipinski definition) is 1. The number of ketones is 1. The lowest BCUT2D eigenvalue weighted by atomic mass is 9.80. The summed E-state index contributed by atoms with van der Waals surface area (Å²) in [6.07, 6.45) is 3.63. The quantitative estimate of drug-likeness (QED) is 0.665. The number of amides is 2. The minimum Gasteiger partial charge on any atom is -0.342 e. The Labute approximate surface area is 188 Å². The Balaban J connectivity index is 1.73. The van der Waals surface area contributed by atoms with Crippen LogP contribution in [0.3, 0.4) is 0 Å². The molecule has 2 unspecified atom stereocenters. The fourth-order valence-electron chi connectivity index (χ4n) is 4.99. The molecule has 0 bridgehead atoms. The molecule has 1 saturated carbocycles. The van der Waals surface area contributed by atoms with Crippen LogP contribution in [-0.4, -0.2) is 48.1 Å². The lowest BCUT2D eigenvalue weighted by Gasteiger charge is -2.33. The summed E-state index contributed by atoms with van der Waals surface area (Å²) in [5, 5.41) is 3.00. The van der Waals surface area contributed by atoms with E-state index >= 15 is 0 Å². The van der Waals surface area contributed by atoms with Crippen LogP contribution in [0.2, 0.25) is 0 Å². The molecular formula is C25H34F2N2O3. The average Bonchev–Trinajstić information content (AvgIpc) is 2.82. The van der Waals surface area contributed by atoms with E-state index in [1.807, 2.05) is 19.9 Å². The smallest absolute Gasteiger partial charge is 0.315 e. The van der Waals surface area contributed by atoms with Crippen LogP contribution in [0.25, 0.3) is 0 Å². The molecule has 2 atom stereocenters. The molecule has 0 radical (unpaired) electrons. The number of piperidine rings is 1. The summed E-state index contributed by atoms with van der Waals surface area (Å²) in [5.41, 5.74) is 1.31. The zero-order valence-electron chi connectivity index (χ0n) is 19.0. The number of nitrogens with zero attached hydrogens (tertiary/aromatic N) is 1. The highest BCUT2D eigenvalue weighted by Crippen LogP contribution is 2.30. The maximum absolute atomic E-state index is 13.1. The van der Waals surface area contributed by atoms with Crippen molar-refractivity contribution in [2.24, 2.45) is 11.8 Å². The van der Waals surface area contributed by atoms with Crippen LogP contribution >= 0.6 is 0 Å². The summed E-state index contributed by atoms with van der Waals surface area (Å²) >= 11 is 0. The Kier molecular flexibility index (Phi) is 8.38. The lowest BCUT2D eigenvalue weighted by Crippen LogP contribution is -2.48. The molecule has 176 valence electrons. The monoisotopic (exact) mass is 448 g/mol. The zero-order valence-corrected chi connectivity index (χ0v) is 19.0. The Bertz CT molecular complexity index is 821. The van der Waals surface area contributed by atoms with Gasteiger partial charge in [0.05, 0.1) is 6.04 Å². The van der Waals surface area contributed by atoms with Gasteiger partial charge in [0.1, 0.15) is 0 Å². The molecule has 1 aliphatic heterocycles. The molecule has 0 aromatic heterocycles. The van der Waals surface area contributed by atoms with Crippen molar-refractivity contribution >= 4 is 17.6 Å². The standard InChI is InChI=1S/C25H34F2N2O3/c1-16(2)22(30)21(17-8-4-3-5-9-17)28-24(31)19-11-6-10-18(14-19)20-12-7-13-29(15-20)25(32)23(26)27/h6,10-11,14,16-17,20-21,23H,3-5,7-9,12-13,15H2,1-2H3,(H,28,31). The van der Waals surface area contributed by atoms with Gasteiger partial charge in [-0.2, -0.15) is 8.78 Å². The predicted octanol–water partition coefficient (Wildman–Crippen LogP) is 4.56. The van der Waals surface area contributed by atoms with Gasteiger partial charge < -0.3 is 10.2 Å². The molecule has 32 heavy (non-hydrogen) atoms. The maximum Gasteiger partial charge on any atom is 0.315 e. The first-order valence-corrected chi connectivity index (χ1v) is 11.8. The van der Waals surface area contributed by atoms with Gasteiger partial charge in [-0.3, -0.25) is 14.4 Å².